The number of rotatable bonds is 6. The molecule has 1 atom stereocenters. The number of carbonyl (C=O) groups excluding carboxylic acids is 1. The summed E-state index contributed by atoms with van der Waals surface area (Å²) in [7, 11) is 0. The third-order valence-electron chi connectivity index (χ3n) is 3.43. The highest BCUT2D eigenvalue weighted by Gasteiger charge is 2.18. The zero-order chi connectivity index (χ0) is 15.2. The van der Waals surface area contributed by atoms with Crippen LogP contribution in [-0.4, -0.2) is 32.2 Å². The molecule has 1 heterocycles. The molecule has 1 aliphatic heterocycles. The van der Waals surface area contributed by atoms with E-state index in [9.17, 15) is 13.6 Å². The van der Waals surface area contributed by atoms with Gasteiger partial charge in [-0.2, -0.15) is 0 Å². The predicted octanol–water partition coefficient (Wildman–Crippen LogP) is 2.55. The van der Waals surface area contributed by atoms with Crippen molar-refractivity contribution in [2.75, 3.05) is 31.6 Å². The molecular weight excluding hydrogens is 278 g/mol. The number of amides is 1. The second kappa shape index (κ2) is 7.36. The Kier molecular flexibility index (Phi) is 5.50. The lowest BCUT2D eigenvalue weighted by molar-refractivity contribution is 0.0944. The first kappa shape index (κ1) is 15.7. The highest BCUT2D eigenvalue weighted by molar-refractivity contribution is 5.94. The van der Waals surface area contributed by atoms with Crippen LogP contribution in [0.5, 0.6) is 0 Å². The second-order valence-corrected chi connectivity index (χ2v) is 5.18. The lowest BCUT2D eigenvalue weighted by Crippen LogP contribution is -2.29. The minimum Gasteiger partial charge on any atom is -0.381 e. The van der Waals surface area contributed by atoms with Crippen LogP contribution in [0.1, 0.15) is 30.1 Å². The van der Waals surface area contributed by atoms with Gasteiger partial charge in [-0.1, -0.05) is 6.92 Å². The smallest absolute Gasteiger partial charge is 0.251 e. The van der Waals surface area contributed by atoms with E-state index in [1.165, 1.54) is 0 Å². The van der Waals surface area contributed by atoms with Gasteiger partial charge in [0.2, 0.25) is 0 Å². The SMILES string of the molecule is CCCNc1c(F)cc(C(=O)NCC2CCOC2)cc1F. The molecule has 21 heavy (non-hydrogen) atoms. The van der Waals surface area contributed by atoms with Gasteiger partial charge in [0.15, 0.2) is 0 Å². The van der Waals surface area contributed by atoms with Crippen LogP contribution >= 0.6 is 0 Å². The molecule has 6 heteroatoms. The molecule has 116 valence electrons. The number of benzene rings is 1. The maximum absolute atomic E-state index is 13.8. The van der Waals surface area contributed by atoms with Crippen molar-refractivity contribution in [2.45, 2.75) is 19.8 Å². The summed E-state index contributed by atoms with van der Waals surface area (Å²) in [4.78, 5) is 11.9. The fourth-order valence-corrected chi connectivity index (χ4v) is 2.21. The normalized spacial score (nSPS) is 17.8. The molecule has 1 fully saturated rings. The molecule has 0 spiro atoms. The third-order valence-corrected chi connectivity index (χ3v) is 3.43. The Bertz CT molecular complexity index is 479. The minimum absolute atomic E-state index is 0.00837. The summed E-state index contributed by atoms with van der Waals surface area (Å²) in [6.45, 7) is 4.14. The Balaban J connectivity index is 2.00. The third kappa shape index (κ3) is 4.14. The number of hydrogen-bond acceptors (Lipinski definition) is 3. The second-order valence-electron chi connectivity index (χ2n) is 5.18. The van der Waals surface area contributed by atoms with Crippen LogP contribution in [0.3, 0.4) is 0 Å². The van der Waals surface area contributed by atoms with E-state index in [-0.39, 0.29) is 17.2 Å². The fraction of sp³-hybridized carbons (Fsp3) is 0.533. The van der Waals surface area contributed by atoms with Gasteiger partial charge in [-0.3, -0.25) is 4.79 Å². The summed E-state index contributed by atoms with van der Waals surface area (Å²) in [5.41, 5.74) is -0.191. The molecule has 2 N–H and O–H groups in total. The molecule has 0 radical (unpaired) electrons. The van der Waals surface area contributed by atoms with Crippen LogP contribution in [0.4, 0.5) is 14.5 Å². The van der Waals surface area contributed by atoms with Gasteiger partial charge in [0.25, 0.3) is 5.91 Å². The van der Waals surface area contributed by atoms with Crippen molar-refractivity contribution in [3.8, 4) is 0 Å². The van der Waals surface area contributed by atoms with Gasteiger partial charge < -0.3 is 15.4 Å². The van der Waals surface area contributed by atoms with Gasteiger partial charge in [-0.15, -0.1) is 0 Å². The van der Waals surface area contributed by atoms with E-state index in [1.807, 2.05) is 6.92 Å². The van der Waals surface area contributed by atoms with E-state index in [2.05, 4.69) is 10.6 Å². The molecule has 1 aliphatic rings. The average Bonchev–Trinajstić information content (AvgIpc) is 2.97. The zero-order valence-corrected chi connectivity index (χ0v) is 12.0. The predicted molar refractivity (Wildman–Crippen MR) is 76.4 cm³/mol. The van der Waals surface area contributed by atoms with Crippen LogP contribution in [0.25, 0.3) is 0 Å². The number of hydrogen-bond donors (Lipinski definition) is 2. The van der Waals surface area contributed by atoms with Crippen molar-refractivity contribution >= 4 is 11.6 Å². The maximum atomic E-state index is 13.8. The van der Waals surface area contributed by atoms with Crippen molar-refractivity contribution < 1.29 is 18.3 Å². The topological polar surface area (TPSA) is 50.4 Å². The van der Waals surface area contributed by atoms with Gasteiger partial charge in [-0.05, 0) is 25.0 Å². The fourth-order valence-electron chi connectivity index (χ4n) is 2.21. The van der Waals surface area contributed by atoms with Crippen molar-refractivity contribution in [1.29, 1.82) is 0 Å². The molecule has 1 unspecified atom stereocenters. The molecule has 0 aliphatic carbocycles. The number of halogens is 2. The Morgan fingerprint density at radius 1 is 1.38 bits per heavy atom. The van der Waals surface area contributed by atoms with Crippen LogP contribution in [0.15, 0.2) is 12.1 Å². The lowest BCUT2D eigenvalue weighted by atomic mass is 10.1. The zero-order valence-electron chi connectivity index (χ0n) is 12.0. The van der Waals surface area contributed by atoms with E-state index >= 15 is 0 Å². The first-order chi connectivity index (χ1) is 10.1. The number of carbonyl (C=O) groups is 1. The molecule has 4 nitrogen and oxygen atoms in total. The average molecular weight is 298 g/mol. The monoisotopic (exact) mass is 298 g/mol. The van der Waals surface area contributed by atoms with Gasteiger partial charge in [-0.25, -0.2) is 8.78 Å². The largest absolute Gasteiger partial charge is 0.381 e. The minimum atomic E-state index is -0.752. The maximum Gasteiger partial charge on any atom is 0.251 e. The molecule has 1 amide bonds. The highest BCUT2D eigenvalue weighted by Crippen LogP contribution is 2.21. The van der Waals surface area contributed by atoms with Crippen LogP contribution in [0.2, 0.25) is 0 Å². The number of nitrogens with one attached hydrogen (secondary N) is 2. The summed E-state index contributed by atoms with van der Waals surface area (Å²) in [6.07, 6.45) is 1.65. The molecule has 2 rings (SSSR count). The Hall–Kier alpha value is -1.69. The quantitative estimate of drug-likeness (QED) is 0.848. The van der Waals surface area contributed by atoms with Gasteiger partial charge >= 0.3 is 0 Å². The van der Waals surface area contributed by atoms with Gasteiger partial charge in [0.1, 0.15) is 17.3 Å². The van der Waals surface area contributed by atoms with E-state index < -0.39 is 17.5 Å². The summed E-state index contributed by atoms with van der Waals surface area (Å²) >= 11 is 0. The first-order valence-electron chi connectivity index (χ1n) is 7.20. The summed E-state index contributed by atoms with van der Waals surface area (Å²) in [5.74, 6) is -1.70. The molecule has 0 aromatic heterocycles. The molecule has 1 saturated heterocycles. The van der Waals surface area contributed by atoms with Crippen LogP contribution in [-0.2, 0) is 4.74 Å². The van der Waals surface area contributed by atoms with Crippen LogP contribution < -0.4 is 10.6 Å². The highest BCUT2D eigenvalue weighted by atomic mass is 19.1. The molecule has 1 aromatic carbocycles. The number of ether oxygens (including phenoxy) is 1. The molecule has 1 aromatic rings. The molecule has 0 bridgehead atoms. The summed E-state index contributed by atoms with van der Waals surface area (Å²) < 4.78 is 32.9. The van der Waals surface area contributed by atoms with Gasteiger partial charge in [0, 0.05) is 31.2 Å². The summed E-state index contributed by atoms with van der Waals surface area (Å²) in [6, 6.07) is 2.11. The van der Waals surface area contributed by atoms with Crippen molar-refractivity contribution in [3.05, 3.63) is 29.3 Å². The van der Waals surface area contributed by atoms with E-state index in [4.69, 9.17) is 4.74 Å². The first-order valence-corrected chi connectivity index (χ1v) is 7.20. The standard InChI is InChI=1S/C15H20F2N2O2/c1-2-4-18-14-12(16)6-11(7-13(14)17)15(20)19-8-10-3-5-21-9-10/h6-7,10,18H,2-5,8-9H2,1H3,(H,19,20). The van der Waals surface area contributed by atoms with Crippen molar-refractivity contribution in [1.82, 2.24) is 5.32 Å². The van der Waals surface area contributed by atoms with Crippen molar-refractivity contribution in [3.63, 3.8) is 0 Å². The molecule has 0 saturated carbocycles. The van der Waals surface area contributed by atoms with Crippen molar-refractivity contribution in [2.24, 2.45) is 5.92 Å². The number of anilines is 1. The van der Waals surface area contributed by atoms with Crippen LogP contribution in [0, 0.1) is 17.6 Å². The van der Waals surface area contributed by atoms with E-state index in [1.54, 1.807) is 0 Å². The van der Waals surface area contributed by atoms with Gasteiger partial charge in [0.05, 0.1) is 6.61 Å². The van der Waals surface area contributed by atoms with E-state index in [0.29, 0.717) is 26.3 Å². The Morgan fingerprint density at radius 3 is 2.67 bits per heavy atom. The molecular formula is C15H20F2N2O2. The van der Waals surface area contributed by atoms with E-state index in [0.717, 1.165) is 25.0 Å². The summed E-state index contributed by atoms with van der Waals surface area (Å²) in [5, 5.41) is 5.36. The Morgan fingerprint density at radius 2 is 2.10 bits per heavy atom. The lowest BCUT2D eigenvalue weighted by Gasteiger charge is -2.12. The Labute approximate surface area is 122 Å².